The van der Waals surface area contributed by atoms with Gasteiger partial charge in [0.05, 0.1) is 11.3 Å². The van der Waals surface area contributed by atoms with E-state index in [0.29, 0.717) is 24.4 Å². The topological polar surface area (TPSA) is 96.4 Å². The molecule has 0 aromatic carbocycles. The van der Waals surface area contributed by atoms with E-state index >= 15 is 0 Å². The molecule has 0 aliphatic heterocycles. The fourth-order valence-corrected chi connectivity index (χ4v) is 2.35. The van der Waals surface area contributed by atoms with Crippen LogP contribution < -0.4 is 4.72 Å². The van der Waals surface area contributed by atoms with E-state index in [4.69, 9.17) is 5.11 Å². The number of nitrogens with one attached hydrogen (secondary N) is 1. The lowest BCUT2D eigenvalue weighted by Gasteiger charge is -1.99. The highest BCUT2D eigenvalue weighted by atomic mass is 32.2. The van der Waals surface area contributed by atoms with E-state index in [1.165, 1.54) is 16.7 Å². The molecule has 8 heteroatoms. The number of aromatic nitrogens is 1. The number of hydrogen-bond donors (Lipinski definition) is 2. The molecule has 1 aromatic heterocycles. The minimum absolute atomic E-state index is 0.0380. The predicted octanol–water partition coefficient (Wildman–Crippen LogP) is 0.323. The van der Waals surface area contributed by atoms with E-state index in [1.807, 2.05) is 0 Å². The molecule has 0 atom stereocenters. The summed E-state index contributed by atoms with van der Waals surface area (Å²) in [7, 11) is -3.15. The van der Waals surface area contributed by atoms with Crippen molar-refractivity contribution in [2.24, 2.45) is 0 Å². The van der Waals surface area contributed by atoms with Gasteiger partial charge in [-0.15, -0.1) is 11.3 Å². The second-order valence-corrected chi connectivity index (χ2v) is 5.98. The summed E-state index contributed by atoms with van der Waals surface area (Å²) in [6.45, 7) is 0.334. The number of hydrogen-bond acceptors (Lipinski definition) is 5. The van der Waals surface area contributed by atoms with Crippen LogP contribution in [0.15, 0.2) is 5.38 Å². The van der Waals surface area contributed by atoms with Gasteiger partial charge in [0.25, 0.3) is 0 Å². The molecular weight excluding hydrogens is 252 g/mol. The highest BCUT2D eigenvalue weighted by Crippen LogP contribution is 2.11. The molecule has 90 valence electrons. The number of aryl methyl sites for hydroxylation is 1. The Kier molecular flexibility index (Phi) is 4.39. The molecule has 0 unspecified atom stereocenters. The Morgan fingerprint density at radius 3 is 2.81 bits per heavy atom. The van der Waals surface area contributed by atoms with Crippen LogP contribution >= 0.6 is 11.3 Å². The summed E-state index contributed by atoms with van der Waals surface area (Å²) >= 11 is 1.27. The summed E-state index contributed by atoms with van der Waals surface area (Å²) in [6.07, 6.45) is 2.26. The number of sulfonamides is 1. The maximum absolute atomic E-state index is 10.7. The van der Waals surface area contributed by atoms with Gasteiger partial charge in [-0.25, -0.2) is 22.9 Å². The molecule has 2 N–H and O–H groups in total. The minimum Gasteiger partial charge on any atom is -0.476 e. The van der Waals surface area contributed by atoms with E-state index in [1.54, 1.807) is 0 Å². The SMILES string of the molecule is CS(=O)(=O)NCCCc1nc(C(=O)O)cs1. The monoisotopic (exact) mass is 264 g/mol. The molecule has 0 spiro atoms. The molecule has 0 aliphatic rings. The summed E-state index contributed by atoms with van der Waals surface area (Å²) in [5, 5.41) is 10.8. The third-order valence-corrected chi connectivity index (χ3v) is 3.34. The van der Waals surface area contributed by atoms with Crippen LogP contribution in [0.25, 0.3) is 0 Å². The molecule has 0 amide bonds. The van der Waals surface area contributed by atoms with Crippen molar-refractivity contribution in [3.63, 3.8) is 0 Å². The van der Waals surface area contributed by atoms with Crippen molar-refractivity contribution >= 4 is 27.3 Å². The van der Waals surface area contributed by atoms with Crippen LogP contribution in [0.1, 0.15) is 21.9 Å². The van der Waals surface area contributed by atoms with E-state index < -0.39 is 16.0 Å². The Morgan fingerprint density at radius 1 is 1.62 bits per heavy atom. The van der Waals surface area contributed by atoms with Crippen LogP contribution in [0.4, 0.5) is 0 Å². The summed E-state index contributed by atoms with van der Waals surface area (Å²) < 4.78 is 23.8. The number of thiazole rings is 1. The molecular formula is C8H12N2O4S2. The molecule has 16 heavy (non-hydrogen) atoms. The molecule has 1 aromatic rings. The van der Waals surface area contributed by atoms with E-state index in [2.05, 4.69) is 9.71 Å². The molecule has 0 radical (unpaired) electrons. The van der Waals surface area contributed by atoms with Gasteiger partial charge >= 0.3 is 5.97 Å². The van der Waals surface area contributed by atoms with Gasteiger partial charge in [0.15, 0.2) is 5.69 Å². The zero-order valence-corrected chi connectivity index (χ0v) is 10.3. The average molecular weight is 264 g/mol. The lowest BCUT2D eigenvalue weighted by Crippen LogP contribution is -2.23. The van der Waals surface area contributed by atoms with Gasteiger partial charge < -0.3 is 5.11 Å². The quantitative estimate of drug-likeness (QED) is 0.721. The van der Waals surface area contributed by atoms with Gasteiger partial charge in [-0.3, -0.25) is 0 Å². The first-order valence-corrected chi connectivity index (χ1v) is 7.28. The number of carbonyl (C=O) groups is 1. The molecule has 0 aliphatic carbocycles. The Morgan fingerprint density at radius 2 is 2.31 bits per heavy atom. The van der Waals surface area contributed by atoms with Gasteiger partial charge in [0, 0.05) is 18.3 Å². The van der Waals surface area contributed by atoms with Crippen LogP contribution in [0.2, 0.25) is 0 Å². The van der Waals surface area contributed by atoms with Gasteiger partial charge in [-0.05, 0) is 6.42 Å². The summed E-state index contributed by atoms with van der Waals surface area (Å²) in [5.41, 5.74) is 0.0380. The van der Waals surface area contributed by atoms with Crippen LogP contribution in [0, 0.1) is 0 Å². The van der Waals surface area contributed by atoms with E-state index in [-0.39, 0.29) is 5.69 Å². The van der Waals surface area contributed by atoms with Crippen LogP contribution in [-0.4, -0.2) is 37.3 Å². The smallest absolute Gasteiger partial charge is 0.355 e. The molecule has 1 heterocycles. The van der Waals surface area contributed by atoms with Crippen molar-refractivity contribution in [1.29, 1.82) is 0 Å². The zero-order chi connectivity index (χ0) is 12.2. The normalized spacial score (nSPS) is 11.6. The highest BCUT2D eigenvalue weighted by Gasteiger charge is 2.08. The standard InChI is InChI=1S/C8H12N2O4S2/c1-16(13,14)9-4-2-3-7-10-6(5-15-7)8(11)12/h5,9H,2-4H2,1H3,(H,11,12). The first-order chi connectivity index (χ1) is 7.38. The number of aromatic carboxylic acids is 1. The van der Waals surface area contributed by atoms with Crippen molar-refractivity contribution in [2.75, 3.05) is 12.8 Å². The first kappa shape index (κ1) is 13.1. The predicted molar refractivity (Wildman–Crippen MR) is 60.2 cm³/mol. The van der Waals surface area contributed by atoms with Crippen molar-refractivity contribution < 1.29 is 18.3 Å². The lowest BCUT2D eigenvalue weighted by molar-refractivity contribution is 0.0691. The molecule has 6 nitrogen and oxygen atoms in total. The second-order valence-electron chi connectivity index (χ2n) is 3.20. The number of rotatable bonds is 6. The van der Waals surface area contributed by atoms with E-state index in [0.717, 1.165) is 6.26 Å². The third-order valence-electron chi connectivity index (χ3n) is 1.70. The van der Waals surface area contributed by atoms with Crippen molar-refractivity contribution in [3.05, 3.63) is 16.1 Å². The number of nitrogens with zero attached hydrogens (tertiary/aromatic N) is 1. The molecule has 1 rings (SSSR count). The Hall–Kier alpha value is -0.990. The molecule has 0 bridgehead atoms. The second kappa shape index (κ2) is 5.37. The van der Waals surface area contributed by atoms with Crippen LogP contribution in [0.3, 0.4) is 0 Å². The Bertz CT molecular complexity index is 466. The Balaban J connectivity index is 2.35. The molecule has 0 saturated heterocycles. The maximum Gasteiger partial charge on any atom is 0.355 e. The summed E-state index contributed by atoms with van der Waals surface area (Å²) in [4.78, 5) is 14.4. The van der Waals surface area contributed by atoms with Crippen LogP contribution in [-0.2, 0) is 16.4 Å². The fourth-order valence-electron chi connectivity index (χ4n) is 1.02. The van der Waals surface area contributed by atoms with Gasteiger partial charge in [0.2, 0.25) is 10.0 Å². The van der Waals surface area contributed by atoms with Crippen molar-refractivity contribution in [1.82, 2.24) is 9.71 Å². The first-order valence-electron chi connectivity index (χ1n) is 4.51. The molecule has 0 fully saturated rings. The lowest BCUT2D eigenvalue weighted by atomic mass is 10.3. The fraction of sp³-hybridized carbons (Fsp3) is 0.500. The number of carboxylic acid groups (broad SMARTS) is 1. The van der Waals surface area contributed by atoms with Crippen molar-refractivity contribution in [3.8, 4) is 0 Å². The average Bonchev–Trinajstić information content (AvgIpc) is 2.59. The maximum atomic E-state index is 10.7. The largest absolute Gasteiger partial charge is 0.476 e. The minimum atomic E-state index is -3.15. The molecule has 0 saturated carbocycles. The van der Waals surface area contributed by atoms with Gasteiger partial charge in [-0.2, -0.15) is 0 Å². The van der Waals surface area contributed by atoms with E-state index in [9.17, 15) is 13.2 Å². The van der Waals surface area contributed by atoms with Crippen molar-refractivity contribution in [2.45, 2.75) is 12.8 Å². The summed E-state index contributed by atoms with van der Waals surface area (Å²) in [6, 6.07) is 0. The third kappa shape index (κ3) is 4.69. The summed E-state index contributed by atoms with van der Waals surface area (Å²) in [5.74, 6) is -1.04. The van der Waals surface area contributed by atoms with Crippen LogP contribution in [0.5, 0.6) is 0 Å². The Labute approximate surface area is 97.4 Å². The highest BCUT2D eigenvalue weighted by molar-refractivity contribution is 7.88. The van der Waals surface area contributed by atoms with Gasteiger partial charge in [0.1, 0.15) is 0 Å². The van der Waals surface area contributed by atoms with Gasteiger partial charge in [-0.1, -0.05) is 0 Å². The zero-order valence-electron chi connectivity index (χ0n) is 8.63. The number of carboxylic acids is 1.